The van der Waals surface area contributed by atoms with Gasteiger partial charge in [0, 0.05) is 0 Å². The van der Waals surface area contributed by atoms with Crippen molar-refractivity contribution in [1.82, 2.24) is 0 Å². The first kappa shape index (κ1) is 12.0. The van der Waals surface area contributed by atoms with Gasteiger partial charge in [0.15, 0.2) is 0 Å². The standard InChI is InChI=1S/C10H12Cl3N/c1-4(2)6-8(12)7(11)5(3)10(14)9(6)13/h4H,14H2,1-3H3. The third-order valence-electron chi connectivity index (χ3n) is 2.21. The largest absolute Gasteiger partial charge is 0.397 e. The van der Waals surface area contributed by atoms with E-state index in [-0.39, 0.29) is 5.92 Å². The predicted octanol–water partition coefficient (Wildman–Crippen LogP) is 4.66. The molecule has 0 spiro atoms. The summed E-state index contributed by atoms with van der Waals surface area (Å²) in [5.41, 5.74) is 7.90. The summed E-state index contributed by atoms with van der Waals surface area (Å²) in [6.07, 6.45) is 0. The fourth-order valence-corrected chi connectivity index (χ4v) is 2.47. The number of hydrogen-bond acceptors (Lipinski definition) is 1. The zero-order valence-electron chi connectivity index (χ0n) is 8.29. The Kier molecular flexibility index (Phi) is 3.57. The molecule has 2 N–H and O–H groups in total. The Hall–Kier alpha value is -0.110. The number of rotatable bonds is 1. The second-order valence-electron chi connectivity index (χ2n) is 3.55. The Morgan fingerprint density at radius 1 is 1.00 bits per heavy atom. The Morgan fingerprint density at radius 3 is 1.93 bits per heavy atom. The van der Waals surface area contributed by atoms with Crippen molar-refractivity contribution in [3.05, 3.63) is 26.2 Å². The summed E-state index contributed by atoms with van der Waals surface area (Å²) in [5, 5.41) is 1.53. The minimum atomic E-state index is 0.204. The van der Waals surface area contributed by atoms with Gasteiger partial charge in [-0.05, 0) is 24.0 Å². The number of anilines is 1. The van der Waals surface area contributed by atoms with E-state index in [9.17, 15) is 0 Å². The molecule has 1 aromatic rings. The maximum Gasteiger partial charge on any atom is 0.0688 e. The van der Waals surface area contributed by atoms with E-state index in [1.165, 1.54) is 0 Å². The first-order valence-corrected chi connectivity index (χ1v) is 5.43. The second-order valence-corrected chi connectivity index (χ2v) is 4.68. The zero-order chi connectivity index (χ0) is 11.0. The van der Waals surface area contributed by atoms with Crippen LogP contribution in [0.25, 0.3) is 0 Å². The molecule has 0 heterocycles. The van der Waals surface area contributed by atoms with Gasteiger partial charge in [-0.15, -0.1) is 0 Å². The quantitative estimate of drug-likeness (QED) is 0.571. The van der Waals surface area contributed by atoms with E-state index in [0.29, 0.717) is 20.8 Å². The number of nitrogens with two attached hydrogens (primary N) is 1. The van der Waals surface area contributed by atoms with Crippen molar-refractivity contribution in [2.24, 2.45) is 0 Å². The molecule has 1 rings (SSSR count). The fraction of sp³-hybridized carbons (Fsp3) is 0.400. The van der Waals surface area contributed by atoms with Gasteiger partial charge in [0.1, 0.15) is 0 Å². The Morgan fingerprint density at radius 2 is 1.50 bits per heavy atom. The SMILES string of the molecule is Cc1c(N)c(Cl)c(C(C)C)c(Cl)c1Cl. The second kappa shape index (κ2) is 4.18. The van der Waals surface area contributed by atoms with Crippen molar-refractivity contribution < 1.29 is 0 Å². The van der Waals surface area contributed by atoms with Crippen LogP contribution >= 0.6 is 34.8 Å². The van der Waals surface area contributed by atoms with Crippen LogP contribution in [0.15, 0.2) is 0 Å². The van der Waals surface area contributed by atoms with Crippen molar-refractivity contribution in [1.29, 1.82) is 0 Å². The minimum absolute atomic E-state index is 0.204. The molecule has 0 amide bonds. The van der Waals surface area contributed by atoms with Gasteiger partial charge < -0.3 is 5.73 Å². The maximum absolute atomic E-state index is 6.10. The van der Waals surface area contributed by atoms with E-state index in [1.807, 2.05) is 13.8 Å². The Bertz CT molecular complexity index is 343. The molecule has 0 bridgehead atoms. The van der Waals surface area contributed by atoms with Crippen LogP contribution in [0.5, 0.6) is 0 Å². The van der Waals surface area contributed by atoms with E-state index in [1.54, 1.807) is 6.92 Å². The van der Waals surface area contributed by atoms with Gasteiger partial charge >= 0.3 is 0 Å². The fourth-order valence-electron chi connectivity index (χ4n) is 1.31. The lowest BCUT2D eigenvalue weighted by atomic mass is 10.00. The average Bonchev–Trinajstić information content (AvgIpc) is 2.11. The molecule has 0 radical (unpaired) electrons. The molecular weight excluding hydrogens is 240 g/mol. The molecule has 0 aliphatic heterocycles. The smallest absolute Gasteiger partial charge is 0.0688 e. The maximum atomic E-state index is 6.10. The number of hydrogen-bond donors (Lipinski definition) is 1. The van der Waals surface area contributed by atoms with Gasteiger partial charge in [0.2, 0.25) is 0 Å². The van der Waals surface area contributed by atoms with Gasteiger partial charge in [-0.2, -0.15) is 0 Å². The highest BCUT2D eigenvalue weighted by atomic mass is 35.5. The molecule has 0 fully saturated rings. The molecule has 0 saturated carbocycles. The molecule has 0 aliphatic carbocycles. The van der Waals surface area contributed by atoms with Crippen molar-refractivity contribution in [3.63, 3.8) is 0 Å². The molecule has 0 atom stereocenters. The number of benzene rings is 1. The predicted molar refractivity (Wildman–Crippen MR) is 64.7 cm³/mol. The van der Waals surface area contributed by atoms with Crippen LogP contribution in [0.1, 0.15) is 30.9 Å². The van der Waals surface area contributed by atoms with Crippen LogP contribution in [0.4, 0.5) is 5.69 Å². The van der Waals surface area contributed by atoms with Gasteiger partial charge in [-0.25, -0.2) is 0 Å². The van der Waals surface area contributed by atoms with Crippen LogP contribution in [-0.2, 0) is 0 Å². The first-order chi connectivity index (χ1) is 6.37. The molecule has 0 aliphatic rings. The molecule has 14 heavy (non-hydrogen) atoms. The molecule has 1 aromatic carbocycles. The molecule has 0 unspecified atom stereocenters. The minimum Gasteiger partial charge on any atom is -0.397 e. The summed E-state index contributed by atoms with van der Waals surface area (Å²) in [6.45, 7) is 5.80. The summed E-state index contributed by atoms with van der Waals surface area (Å²) in [4.78, 5) is 0. The normalized spacial score (nSPS) is 11.1. The van der Waals surface area contributed by atoms with E-state index in [2.05, 4.69) is 0 Å². The lowest BCUT2D eigenvalue weighted by molar-refractivity contribution is 0.867. The van der Waals surface area contributed by atoms with E-state index < -0.39 is 0 Å². The topological polar surface area (TPSA) is 26.0 Å². The van der Waals surface area contributed by atoms with Crippen molar-refractivity contribution in [2.45, 2.75) is 26.7 Å². The van der Waals surface area contributed by atoms with Crippen molar-refractivity contribution in [2.75, 3.05) is 5.73 Å². The first-order valence-electron chi connectivity index (χ1n) is 4.30. The lowest BCUT2D eigenvalue weighted by Crippen LogP contribution is -1.99. The highest BCUT2D eigenvalue weighted by Crippen LogP contribution is 2.42. The Labute approximate surface area is 99.1 Å². The van der Waals surface area contributed by atoms with E-state index in [0.717, 1.165) is 11.1 Å². The van der Waals surface area contributed by atoms with Crippen molar-refractivity contribution in [3.8, 4) is 0 Å². The summed E-state index contributed by atoms with van der Waals surface area (Å²) in [7, 11) is 0. The lowest BCUT2D eigenvalue weighted by Gasteiger charge is -2.16. The third kappa shape index (κ3) is 1.81. The molecular formula is C10H12Cl3N. The van der Waals surface area contributed by atoms with Gasteiger partial charge in [0.25, 0.3) is 0 Å². The highest BCUT2D eigenvalue weighted by Gasteiger charge is 2.18. The van der Waals surface area contributed by atoms with Gasteiger partial charge in [0.05, 0.1) is 20.8 Å². The molecule has 78 valence electrons. The van der Waals surface area contributed by atoms with Crippen LogP contribution in [0, 0.1) is 6.92 Å². The monoisotopic (exact) mass is 251 g/mol. The Balaban J connectivity index is 3.60. The van der Waals surface area contributed by atoms with E-state index in [4.69, 9.17) is 40.5 Å². The number of halogens is 3. The van der Waals surface area contributed by atoms with Crippen molar-refractivity contribution >= 4 is 40.5 Å². The summed E-state index contributed by atoms with van der Waals surface area (Å²) in [6, 6.07) is 0. The van der Waals surface area contributed by atoms with Crippen LogP contribution in [0.2, 0.25) is 15.1 Å². The molecule has 0 aromatic heterocycles. The average molecular weight is 253 g/mol. The molecule has 0 saturated heterocycles. The molecule has 4 heteroatoms. The molecule has 1 nitrogen and oxygen atoms in total. The van der Waals surface area contributed by atoms with E-state index >= 15 is 0 Å². The van der Waals surface area contributed by atoms with Gasteiger partial charge in [-0.3, -0.25) is 0 Å². The number of nitrogen functional groups attached to an aromatic ring is 1. The summed E-state index contributed by atoms with van der Waals surface area (Å²) in [5.74, 6) is 0.204. The van der Waals surface area contributed by atoms with Crippen LogP contribution in [0.3, 0.4) is 0 Å². The summed E-state index contributed by atoms with van der Waals surface area (Å²) >= 11 is 18.2. The van der Waals surface area contributed by atoms with Crippen LogP contribution < -0.4 is 5.73 Å². The summed E-state index contributed by atoms with van der Waals surface area (Å²) < 4.78 is 0. The zero-order valence-corrected chi connectivity index (χ0v) is 10.6. The highest BCUT2D eigenvalue weighted by molar-refractivity contribution is 6.45. The third-order valence-corrected chi connectivity index (χ3v) is 3.58. The van der Waals surface area contributed by atoms with Gasteiger partial charge in [-0.1, -0.05) is 48.7 Å². The van der Waals surface area contributed by atoms with Crippen LogP contribution in [-0.4, -0.2) is 0 Å².